The number of nitrogens with two attached hydrogens (primary N) is 1. The lowest BCUT2D eigenvalue weighted by molar-refractivity contribution is -0.631. The molecule has 0 aromatic rings. The van der Waals surface area contributed by atoms with Crippen molar-refractivity contribution in [1.82, 2.24) is 0 Å². The summed E-state index contributed by atoms with van der Waals surface area (Å²) in [6.45, 7) is 1.74. The zero-order valence-electron chi connectivity index (χ0n) is 6.92. The van der Waals surface area contributed by atoms with E-state index in [-0.39, 0.29) is 0 Å². The predicted molar refractivity (Wildman–Crippen MR) is 51.6 cm³/mol. The molecule has 4 heteroatoms. The van der Waals surface area contributed by atoms with Gasteiger partial charge in [0.05, 0.1) is 23.7 Å². The summed E-state index contributed by atoms with van der Waals surface area (Å²) in [4.78, 5) is 0. The van der Waals surface area contributed by atoms with Crippen molar-refractivity contribution < 1.29 is 10.1 Å². The summed E-state index contributed by atoms with van der Waals surface area (Å²) < 4.78 is 6.06. The lowest BCUT2D eigenvalue weighted by Crippen LogP contribution is -2.85. The van der Waals surface area contributed by atoms with Crippen molar-refractivity contribution in [2.45, 2.75) is 18.9 Å². The van der Waals surface area contributed by atoms with Crippen LogP contribution in [0.2, 0.25) is 0 Å². The Morgan fingerprint density at radius 1 is 1.50 bits per heavy atom. The first-order valence-corrected chi connectivity index (χ1v) is 4.91. The molecule has 0 aromatic heterocycles. The quantitative estimate of drug-likeness (QED) is 0.691. The standard InChI is InChI=1S/C8H13BrN2O/c9-7(5-10)6-11-8-1-3-12-4-2-8/h5-6,8,10-11H,1-4H2/p+1. The fourth-order valence-electron chi connectivity index (χ4n) is 1.18. The molecule has 0 unspecified atom stereocenters. The summed E-state index contributed by atoms with van der Waals surface area (Å²) >= 11 is 3.26. The third-order valence-electron chi connectivity index (χ3n) is 1.93. The fourth-order valence-corrected chi connectivity index (χ4v) is 1.34. The molecule has 3 nitrogen and oxygen atoms in total. The lowest BCUT2D eigenvalue weighted by Gasteiger charge is -2.18. The highest BCUT2D eigenvalue weighted by Crippen LogP contribution is 2.02. The summed E-state index contributed by atoms with van der Waals surface area (Å²) in [7, 11) is 0. The highest BCUT2D eigenvalue weighted by molar-refractivity contribution is 9.12. The van der Waals surface area contributed by atoms with Crippen LogP contribution in [0.15, 0.2) is 10.7 Å². The first-order valence-electron chi connectivity index (χ1n) is 4.12. The molecule has 1 saturated heterocycles. The maximum atomic E-state index is 6.94. The molecule has 3 N–H and O–H groups in total. The molecule has 0 atom stereocenters. The minimum Gasteiger partial charge on any atom is -0.381 e. The smallest absolute Gasteiger partial charge is 0.109 e. The second-order valence-electron chi connectivity index (χ2n) is 2.84. The van der Waals surface area contributed by atoms with Crippen molar-refractivity contribution in [3.63, 3.8) is 0 Å². The van der Waals surface area contributed by atoms with E-state index >= 15 is 0 Å². The number of allylic oxidation sites excluding steroid dienone is 1. The monoisotopic (exact) mass is 233 g/mol. The van der Waals surface area contributed by atoms with Crippen molar-refractivity contribution in [3.05, 3.63) is 10.7 Å². The van der Waals surface area contributed by atoms with Crippen LogP contribution < -0.4 is 5.32 Å². The fraction of sp³-hybridized carbons (Fsp3) is 0.625. The van der Waals surface area contributed by atoms with Crippen LogP contribution in [0.4, 0.5) is 0 Å². The summed E-state index contributed by atoms with van der Waals surface area (Å²) in [5.41, 5.74) is 0. The van der Waals surface area contributed by atoms with Gasteiger partial charge in [0.2, 0.25) is 0 Å². The van der Waals surface area contributed by atoms with Crippen molar-refractivity contribution in [1.29, 1.82) is 5.41 Å². The van der Waals surface area contributed by atoms with E-state index in [9.17, 15) is 0 Å². The SMILES string of the molecule is N=CC(Br)=C[NH2+]C1CCOCC1. The average molecular weight is 234 g/mol. The van der Waals surface area contributed by atoms with E-state index in [0.717, 1.165) is 30.5 Å². The Hall–Kier alpha value is -0.190. The van der Waals surface area contributed by atoms with Crippen molar-refractivity contribution in [2.75, 3.05) is 13.2 Å². The van der Waals surface area contributed by atoms with Gasteiger partial charge in [-0.25, -0.2) is 0 Å². The molecule has 0 radical (unpaired) electrons. The predicted octanol–water partition coefficient (Wildman–Crippen LogP) is 0.615. The Bertz CT molecular complexity index is 176. The summed E-state index contributed by atoms with van der Waals surface area (Å²) in [6, 6.07) is 0.631. The van der Waals surface area contributed by atoms with Crippen LogP contribution in [0, 0.1) is 5.41 Å². The largest absolute Gasteiger partial charge is 0.381 e. The van der Waals surface area contributed by atoms with Gasteiger partial charge in [-0.3, -0.25) is 0 Å². The third-order valence-corrected chi connectivity index (χ3v) is 2.42. The Balaban J connectivity index is 2.25. The van der Waals surface area contributed by atoms with Crippen LogP contribution in [-0.4, -0.2) is 25.5 Å². The van der Waals surface area contributed by atoms with Gasteiger partial charge in [-0.05, 0) is 15.9 Å². The topological polar surface area (TPSA) is 49.7 Å². The highest BCUT2D eigenvalue weighted by Gasteiger charge is 2.14. The van der Waals surface area contributed by atoms with Gasteiger partial charge in [-0.1, -0.05) is 0 Å². The molecule has 1 fully saturated rings. The average Bonchev–Trinajstić information content (AvgIpc) is 2.16. The molecule has 0 saturated carbocycles. The molecule has 0 aliphatic carbocycles. The van der Waals surface area contributed by atoms with Gasteiger partial charge in [0.1, 0.15) is 6.20 Å². The van der Waals surface area contributed by atoms with E-state index in [2.05, 4.69) is 21.2 Å². The molecule has 1 aliphatic heterocycles. The van der Waals surface area contributed by atoms with Gasteiger partial charge >= 0.3 is 0 Å². The minimum absolute atomic E-state index is 0.631. The number of hydrogen-bond donors (Lipinski definition) is 2. The van der Waals surface area contributed by atoms with Crippen LogP contribution in [0.3, 0.4) is 0 Å². The molecular weight excluding hydrogens is 220 g/mol. The number of quaternary nitrogens is 1. The Kier molecular flexibility index (Phi) is 4.50. The third kappa shape index (κ3) is 3.47. The second-order valence-corrected chi connectivity index (χ2v) is 3.75. The molecule has 1 rings (SSSR count). The van der Waals surface area contributed by atoms with E-state index in [1.165, 1.54) is 6.21 Å². The van der Waals surface area contributed by atoms with Crippen LogP contribution in [0.25, 0.3) is 0 Å². The maximum absolute atomic E-state index is 6.94. The van der Waals surface area contributed by atoms with Crippen LogP contribution in [-0.2, 0) is 4.74 Å². The summed E-state index contributed by atoms with van der Waals surface area (Å²) in [5.74, 6) is 0. The number of rotatable bonds is 3. The number of hydrogen-bond acceptors (Lipinski definition) is 2. The second kappa shape index (κ2) is 5.45. The Morgan fingerprint density at radius 2 is 2.17 bits per heavy atom. The molecule has 0 aromatic carbocycles. The van der Waals surface area contributed by atoms with E-state index in [1.54, 1.807) is 0 Å². The summed E-state index contributed by atoms with van der Waals surface area (Å²) in [5, 5.41) is 9.09. The lowest BCUT2D eigenvalue weighted by atomic mass is 10.1. The molecule has 0 amide bonds. The van der Waals surface area contributed by atoms with Gasteiger partial charge in [-0.2, -0.15) is 0 Å². The van der Waals surface area contributed by atoms with Crippen LogP contribution in [0.5, 0.6) is 0 Å². The van der Waals surface area contributed by atoms with Crippen molar-refractivity contribution in [3.8, 4) is 0 Å². The van der Waals surface area contributed by atoms with Crippen LogP contribution in [0.1, 0.15) is 12.8 Å². The molecule has 1 aliphatic rings. The van der Waals surface area contributed by atoms with Crippen molar-refractivity contribution >= 4 is 22.1 Å². The first kappa shape index (κ1) is 9.89. The van der Waals surface area contributed by atoms with E-state index in [4.69, 9.17) is 10.1 Å². The normalized spacial score (nSPS) is 20.9. The Morgan fingerprint density at radius 3 is 2.75 bits per heavy atom. The zero-order chi connectivity index (χ0) is 8.81. The molecule has 1 heterocycles. The minimum atomic E-state index is 0.631. The van der Waals surface area contributed by atoms with Gasteiger partial charge in [0.15, 0.2) is 0 Å². The van der Waals surface area contributed by atoms with Gasteiger partial charge < -0.3 is 15.5 Å². The first-order chi connectivity index (χ1) is 5.83. The van der Waals surface area contributed by atoms with E-state index in [1.807, 2.05) is 6.20 Å². The van der Waals surface area contributed by atoms with Gasteiger partial charge in [0, 0.05) is 19.1 Å². The number of ether oxygens (including phenoxy) is 1. The summed E-state index contributed by atoms with van der Waals surface area (Å²) in [6.07, 6.45) is 5.46. The molecule has 12 heavy (non-hydrogen) atoms. The molecule has 68 valence electrons. The molecule has 0 bridgehead atoms. The van der Waals surface area contributed by atoms with Crippen LogP contribution >= 0.6 is 15.9 Å². The van der Waals surface area contributed by atoms with Gasteiger partial charge in [-0.15, -0.1) is 0 Å². The van der Waals surface area contributed by atoms with E-state index < -0.39 is 0 Å². The maximum Gasteiger partial charge on any atom is 0.109 e. The van der Waals surface area contributed by atoms with Crippen molar-refractivity contribution in [2.24, 2.45) is 0 Å². The molecular formula is C8H14BrN2O+. The van der Waals surface area contributed by atoms with Gasteiger partial charge in [0.25, 0.3) is 0 Å². The van der Waals surface area contributed by atoms with E-state index in [0.29, 0.717) is 6.04 Å². The highest BCUT2D eigenvalue weighted by atomic mass is 79.9. The molecule has 0 spiro atoms. The zero-order valence-corrected chi connectivity index (χ0v) is 8.51. The number of halogens is 1. The number of nitrogens with one attached hydrogen (secondary N) is 1. The Labute approximate surface area is 80.8 Å².